The van der Waals surface area contributed by atoms with Crippen molar-refractivity contribution in [2.45, 2.75) is 11.7 Å². The number of hydrogen-bond donors (Lipinski definition) is 0. The highest BCUT2D eigenvalue weighted by Crippen LogP contribution is 2.39. The Hall–Kier alpha value is -1.74. The zero-order chi connectivity index (χ0) is 11.4. The Bertz CT molecular complexity index is 682. The van der Waals surface area contributed by atoms with Gasteiger partial charge in [-0.3, -0.25) is 9.98 Å². The van der Waals surface area contributed by atoms with Gasteiger partial charge in [0.15, 0.2) is 0 Å². The lowest BCUT2D eigenvalue weighted by atomic mass is 10.00. The fourth-order valence-electron chi connectivity index (χ4n) is 2.81. The number of nitrogens with zero attached hydrogens (tertiary/aromatic N) is 2. The summed E-state index contributed by atoms with van der Waals surface area (Å²) in [7, 11) is 2.65. The van der Waals surface area contributed by atoms with Gasteiger partial charge in [0.1, 0.15) is 5.79 Å². The maximum absolute atomic E-state index is 4.67. The summed E-state index contributed by atoms with van der Waals surface area (Å²) >= 11 is 0. The van der Waals surface area contributed by atoms with E-state index in [1.54, 1.807) is 0 Å². The van der Waals surface area contributed by atoms with Crippen molar-refractivity contribution in [2.75, 3.05) is 0 Å². The maximum Gasteiger partial charge on any atom is 0.118 e. The second kappa shape index (κ2) is 3.14. The third-order valence-electron chi connectivity index (χ3n) is 3.50. The summed E-state index contributed by atoms with van der Waals surface area (Å²) in [6.07, 6.45) is 2.04. The van der Waals surface area contributed by atoms with Crippen molar-refractivity contribution in [3.05, 3.63) is 47.5 Å². The molecule has 1 aliphatic heterocycles. The first-order chi connectivity index (χ1) is 8.34. The Morgan fingerprint density at radius 1 is 1.06 bits per heavy atom. The van der Waals surface area contributed by atoms with Gasteiger partial charge >= 0.3 is 0 Å². The van der Waals surface area contributed by atoms with Crippen molar-refractivity contribution in [3.8, 4) is 0 Å². The van der Waals surface area contributed by atoms with E-state index in [2.05, 4.69) is 56.6 Å². The fourth-order valence-corrected chi connectivity index (χ4v) is 3.07. The topological polar surface area (TPSA) is 24.7 Å². The Balaban J connectivity index is 2.13. The van der Waals surface area contributed by atoms with Crippen LogP contribution in [-0.2, 0) is 0 Å². The zero-order valence-electron chi connectivity index (χ0n) is 9.17. The lowest BCUT2D eigenvalue weighted by Crippen LogP contribution is -2.19. The van der Waals surface area contributed by atoms with Gasteiger partial charge in [0.05, 0.1) is 21.9 Å². The Morgan fingerprint density at radius 2 is 1.88 bits per heavy atom. The molecule has 2 unspecified atom stereocenters. The second-order valence-electron chi connectivity index (χ2n) is 4.45. The molecule has 0 saturated carbocycles. The second-order valence-corrected chi connectivity index (χ2v) is 5.05. The standard InChI is InChI=1S/C14H10N2Si/c17-14-15-7-11-9-5-1-3-8-4-2-6-10(12(8)9)13(11)16-14/h1-7,11,14,17H. The van der Waals surface area contributed by atoms with Gasteiger partial charge in [0.25, 0.3) is 0 Å². The first-order valence-electron chi connectivity index (χ1n) is 5.73. The minimum absolute atomic E-state index is 0.0224. The van der Waals surface area contributed by atoms with Crippen molar-refractivity contribution in [1.29, 1.82) is 0 Å². The van der Waals surface area contributed by atoms with Gasteiger partial charge in [-0.05, 0) is 16.3 Å². The number of hydrogen-bond acceptors (Lipinski definition) is 2. The van der Waals surface area contributed by atoms with E-state index in [-0.39, 0.29) is 11.7 Å². The molecule has 1 heterocycles. The molecule has 0 saturated heterocycles. The maximum atomic E-state index is 4.67. The van der Waals surface area contributed by atoms with Crippen LogP contribution < -0.4 is 0 Å². The Morgan fingerprint density at radius 3 is 2.76 bits per heavy atom. The molecule has 0 aromatic heterocycles. The average molecular weight is 234 g/mol. The van der Waals surface area contributed by atoms with Crippen LogP contribution in [0.1, 0.15) is 17.0 Å². The van der Waals surface area contributed by atoms with E-state index in [0.29, 0.717) is 0 Å². The van der Waals surface area contributed by atoms with Gasteiger partial charge in [-0.25, -0.2) is 0 Å². The van der Waals surface area contributed by atoms with Crippen LogP contribution >= 0.6 is 0 Å². The highest BCUT2D eigenvalue weighted by Gasteiger charge is 2.31. The van der Waals surface area contributed by atoms with E-state index in [1.807, 2.05) is 6.21 Å². The van der Waals surface area contributed by atoms with Crippen LogP contribution in [0.2, 0.25) is 0 Å². The van der Waals surface area contributed by atoms with Crippen molar-refractivity contribution in [1.82, 2.24) is 0 Å². The highest BCUT2D eigenvalue weighted by atomic mass is 28.1. The molecule has 0 bridgehead atoms. The molecule has 0 N–H and O–H groups in total. The van der Waals surface area contributed by atoms with Gasteiger partial charge in [0, 0.05) is 11.8 Å². The smallest absolute Gasteiger partial charge is 0.118 e. The van der Waals surface area contributed by atoms with Gasteiger partial charge in [-0.2, -0.15) is 0 Å². The number of rotatable bonds is 0. The van der Waals surface area contributed by atoms with Crippen molar-refractivity contribution < 1.29 is 0 Å². The third kappa shape index (κ3) is 1.14. The molecule has 2 radical (unpaired) electrons. The largest absolute Gasteiger partial charge is 0.275 e. The zero-order valence-corrected chi connectivity index (χ0v) is 10.3. The quantitative estimate of drug-likeness (QED) is 0.623. The van der Waals surface area contributed by atoms with Crippen LogP contribution in [0.25, 0.3) is 10.8 Å². The van der Waals surface area contributed by atoms with E-state index < -0.39 is 0 Å². The van der Waals surface area contributed by atoms with Crippen LogP contribution in [0.3, 0.4) is 0 Å². The molecule has 2 aromatic carbocycles. The van der Waals surface area contributed by atoms with E-state index in [4.69, 9.17) is 0 Å². The molecule has 80 valence electrons. The molecular formula is C14H10N2Si. The Labute approximate surface area is 103 Å². The average Bonchev–Trinajstić information content (AvgIpc) is 2.67. The first-order valence-corrected chi connectivity index (χ1v) is 6.40. The summed E-state index contributed by atoms with van der Waals surface area (Å²) in [5.74, 6) is 0.235. The predicted molar refractivity (Wildman–Crippen MR) is 72.7 cm³/mol. The molecule has 1 aliphatic carbocycles. The fraction of sp³-hybridized carbons (Fsp3) is 0.143. The normalized spacial score (nSPS) is 24.9. The van der Waals surface area contributed by atoms with Crippen molar-refractivity contribution in [2.24, 2.45) is 9.98 Å². The molecule has 4 rings (SSSR count). The summed E-state index contributed by atoms with van der Waals surface area (Å²) in [5, 5.41) is 2.65. The minimum atomic E-state index is -0.0224. The van der Waals surface area contributed by atoms with Crippen molar-refractivity contribution in [3.63, 3.8) is 0 Å². The predicted octanol–water partition coefficient (Wildman–Crippen LogP) is 1.99. The molecular weight excluding hydrogens is 224 g/mol. The van der Waals surface area contributed by atoms with E-state index in [0.717, 1.165) is 0 Å². The van der Waals surface area contributed by atoms with Crippen LogP contribution in [0, 0.1) is 0 Å². The summed E-state index contributed by atoms with van der Waals surface area (Å²) < 4.78 is 0. The molecule has 2 aromatic rings. The Kier molecular flexibility index (Phi) is 1.72. The van der Waals surface area contributed by atoms with E-state index >= 15 is 0 Å². The summed E-state index contributed by atoms with van der Waals surface area (Å²) in [6.45, 7) is 0. The van der Waals surface area contributed by atoms with Crippen LogP contribution in [0.4, 0.5) is 0 Å². The highest BCUT2D eigenvalue weighted by molar-refractivity contribution is 6.28. The van der Waals surface area contributed by atoms with Gasteiger partial charge in [-0.15, -0.1) is 0 Å². The van der Waals surface area contributed by atoms with Crippen LogP contribution in [0.15, 0.2) is 46.4 Å². The van der Waals surface area contributed by atoms with Gasteiger partial charge < -0.3 is 0 Å². The van der Waals surface area contributed by atoms with Gasteiger partial charge in [-0.1, -0.05) is 36.4 Å². The minimum Gasteiger partial charge on any atom is -0.275 e. The van der Waals surface area contributed by atoms with E-state index in [1.165, 1.54) is 27.6 Å². The lowest BCUT2D eigenvalue weighted by Gasteiger charge is -2.15. The summed E-state index contributed by atoms with van der Waals surface area (Å²) in [5.41, 5.74) is 3.80. The molecule has 0 spiro atoms. The molecule has 2 atom stereocenters. The van der Waals surface area contributed by atoms with Crippen LogP contribution in [-0.4, -0.2) is 28.0 Å². The number of fused-ring (bicyclic) bond motifs is 3. The van der Waals surface area contributed by atoms with Crippen molar-refractivity contribution >= 4 is 32.9 Å². The molecule has 0 amide bonds. The molecule has 3 heteroatoms. The van der Waals surface area contributed by atoms with Crippen LogP contribution in [0.5, 0.6) is 0 Å². The molecule has 17 heavy (non-hydrogen) atoms. The summed E-state index contributed by atoms with van der Waals surface area (Å²) in [4.78, 5) is 9.06. The molecule has 0 fully saturated rings. The third-order valence-corrected chi connectivity index (χ3v) is 3.82. The first kappa shape index (κ1) is 9.30. The molecule has 2 aliphatic rings. The molecule has 2 nitrogen and oxygen atoms in total. The lowest BCUT2D eigenvalue weighted by molar-refractivity contribution is 0.938. The number of aliphatic imine (C=N–C) groups is 2. The van der Waals surface area contributed by atoms with E-state index in [9.17, 15) is 0 Å². The summed E-state index contributed by atoms with van der Waals surface area (Å²) in [6, 6.07) is 12.9. The monoisotopic (exact) mass is 234 g/mol. The SMILES string of the molecule is [SiH]C1N=CC2C(=N1)c1cccc3cccc2c13. The number of benzene rings is 2. The van der Waals surface area contributed by atoms with Gasteiger partial charge in [0.2, 0.25) is 0 Å².